The standard InChI is InChI=1S/C34H35ClN4O4/c1-3-34(42)16-31(40)43-20-26-27(34)14-30-32-25(19-39(30)33(26)41)24(23-13-21(2)28(35)15-29(23)36-32)18-38-11-9-37(10-12-38)17-22-7-5-4-6-8-22/h4-8,13-15,19,24,42H,3,9-12,16-18,20H2,1-2H3. The summed E-state index contributed by atoms with van der Waals surface area (Å²) in [4.78, 5) is 36.3. The first-order valence-electron chi connectivity index (χ1n) is 15.0. The van der Waals surface area contributed by atoms with Gasteiger partial charge >= 0.3 is 5.97 Å². The molecule has 0 aliphatic carbocycles. The number of esters is 1. The van der Waals surface area contributed by atoms with Gasteiger partial charge in [-0.15, -0.1) is 0 Å². The largest absolute Gasteiger partial charge is 0.460 e. The van der Waals surface area contributed by atoms with Crippen molar-refractivity contribution in [3.63, 3.8) is 0 Å². The van der Waals surface area contributed by atoms with E-state index in [1.54, 1.807) is 4.40 Å². The van der Waals surface area contributed by atoms with Crippen molar-refractivity contribution < 1.29 is 14.6 Å². The van der Waals surface area contributed by atoms with Gasteiger partial charge in [-0.05, 0) is 47.7 Å². The number of nitrogens with zero attached hydrogens (tertiary/aromatic N) is 4. The van der Waals surface area contributed by atoms with E-state index in [-0.39, 0.29) is 30.9 Å². The number of piperazine rings is 1. The van der Waals surface area contributed by atoms with Crippen molar-refractivity contribution in [2.24, 2.45) is 4.99 Å². The number of halogens is 1. The van der Waals surface area contributed by atoms with Gasteiger partial charge in [0.1, 0.15) is 12.2 Å². The number of hydrogen-bond acceptors (Lipinski definition) is 7. The molecule has 2 aromatic carbocycles. The molecule has 8 nitrogen and oxygen atoms in total. The topological polar surface area (TPSA) is 86.8 Å². The summed E-state index contributed by atoms with van der Waals surface area (Å²) in [7, 11) is 0. The SMILES string of the molecule is CCC1(O)CC(=O)OCc2c1cc1c3c(cn1c2=O)C(CN1CCN(Cc2ccccc2)CC1)c1cc(C)c(Cl)cc1N=3. The number of aryl methyl sites for hydroxylation is 1. The molecule has 2 aromatic heterocycles. The van der Waals surface area contributed by atoms with E-state index in [9.17, 15) is 14.7 Å². The van der Waals surface area contributed by atoms with Crippen LogP contribution in [-0.2, 0) is 28.3 Å². The molecule has 43 heavy (non-hydrogen) atoms. The predicted molar refractivity (Wildman–Crippen MR) is 165 cm³/mol. The molecule has 9 heteroatoms. The minimum absolute atomic E-state index is 0.0128. The number of hydrogen-bond donors (Lipinski definition) is 1. The van der Waals surface area contributed by atoms with E-state index >= 15 is 0 Å². The van der Waals surface area contributed by atoms with Gasteiger partial charge in [-0.25, -0.2) is 4.99 Å². The number of cyclic esters (lactones) is 1. The van der Waals surface area contributed by atoms with E-state index in [0.29, 0.717) is 21.7 Å². The number of benzene rings is 2. The Kier molecular flexibility index (Phi) is 7.13. The zero-order chi connectivity index (χ0) is 29.9. The van der Waals surface area contributed by atoms with Crippen LogP contribution >= 0.6 is 11.6 Å². The highest BCUT2D eigenvalue weighted by molar-refractivity contribution is 6.31. The molecule has 0 bridgehead atoms. The number of aliphatic hydroxyl groups is 1. The number of aromatic nitrogens is 1. The summed E-state index contributed by atoms with van der Waals surface area (Å²) in [6.45, 7) is 9.25. The van der Waals surface area contributed by atoms with Crippen molar-refractivity contribution in [1.29, 1.82) is 0 Å². The van der Waals surface area contributed by atoms with Gasteiger partial charge in [0.05, 0.1) is 28.5 Å². The normalized spacial score (nSPS) is 22.3. The number of fused-ring (bicyclic) bond motifs is 5. The summed E-state index contributed by atoms with van der Waals surface area (Å²) in [5.74, 6) is -0.527. The van der Waals surface area contributed by atoms with Crippen LogP contribution in [0.5, 0.6) is 0 Å². The van der Waals surface area contributed by atoms with E-state index < -0.39 is 11.6 Å². The number of pyridine rings is 1. The lowest BCUT2D eigenvalue weighted by molar-refractivity contribution is -0.149. The van der Waals surface area contributed by atoms with Gasteiger partial charge in [-0.1, -0.05) is 54.9 Å². The summed E-state index contributed by atoms with van der Waals surface area (Å²) >= 11 is 6.59. The Bertz CT molecular complexity index is 1850. The van der Waals surface area contributed by atoms with Crippen LogP contribution in [0, 0.1) is 6.92 Å². The van der Waals surface area contributed by atoms with Crippen LogP contribution in [-0.4, -0.2) is 58.0 Å². The summed E-state index contributed by atoms with van der Waals surface area (Å²) < 4.78 is 6.96. The number of carbonyl (C=O) groups is 1. The van der Waals surface area contributed by atoms with Gasteiger partial charge in [-0.3, -0.25) is 23.8 Å². The average molecular weight is 599 g/mol. The fraction of sp³-hybridized carbons (Fsp3) is 0.382. The van der Waals surface area contributed by atoms with Crippen molar-refractivity contribution in [2.75, 3.05) is 32.7 Å². The van der Waals surface area contributed by atoms with Crippen LogP contribution in [0.15, 0.2) is 64.5 Å². The zero-order valence-corrected chi connectivity index (χ0v) is 25.2. The molecule has 0 spiro atoms. The molecule has 1 N–H and O–H groups in total. The molecule has 7 rings (SSSR count). The van der Waals surface area contributed by atoms with Gasteiger partial charge in [0.15, 0.2) is 0 Å². The molecule has 1 fully saturated rings. The Labute approximate surface area is 255 Å². The monoisotopic (exact) mass is 598 g/mol. The fourth-order valence-electron chi connectivity index (χ4n) is 6.89. The second-order valence-corrected chi connectivity index (χ2v) is 12.5. The molecule has 2 atom stereocenters. The third-order valence-electron chi connectivity index (χ3n) is 9.47. The van der Waals surface area contributed by atoms with Gasteiger partial charge in [0.25, 0.3) is 5.56 Å². The zero-order valence-electron chi connectivity index (χ0n) is 24.5. The van der Waals surface area contributed by atoms with Crippen molar-refractivity contribution >= 4 is 28.8 Å². The first-order valence-corrected chi connectivity index (χ1v) is 15.4. The Balaban J connectivity index is 1.28. The maximum atomic E-state index is 13.9. The van der Waals surface area contributed by atoms with Crippen LogP contribution in [0.4, 0.5) is 5.69 Å². The third kappa shape index (κ3) is 4.96. The van der Waals surface area contributed by atoms with E-state index in [2.05, 4.69) is 46.2 Å². The van der Waals surface area contributed by atoms with Crippen molar-refractivity contribution in [3.8, 4) is 0 Å². The van der Waals surface area contributed by atoms with Gasteiger partial charge in [-0.2, -0.15) is 0 Å². The number of ether oxygens (including phenoxy) is 1. The van der Waals surface area contributed by atoms with Crippen molar-refractivity contribution in [1.82, 2.24) is 14.2 Å². The smallest absolute Gasteiger partial charge is 0.309 e. The Morgan fingerprint density at radius 3 is 2.53 bits per heavy atom. The highest BCUT2D eigenvalue weighted by Gasteiger charge is 2.39. The molecule has 0 amide bonds. The van der Waals surface area contributed by atoms with Gasteiger partial charge in [0.2, 0.25) is 0 Å². The van der Waals surface area contributed by atoms with Gasteiger partial charge in [0, 0.05) is 62.0 Å². The summed E-state index contributed by atoms with van der Waals surface area (Å²) in [5, 5.41) is 12.9. The van der Waals surface area contributed by atoms with Gasteiger partial charge < -0.3 is 9.84 Å². The molecule has 3 aliphatic heterocycles. The van der Waals surface area contributed by atoms with Crippen molar-refractivity contribution in [3.05, 3.63) is 109 Å². The highest BCUT2D eigenvalue weighted by atomic mass is 35.5. The van der Waals surface area contributed by atoms with E-state index in [4.69, 9.17) is 21.3 Å². The summed E-state index contributed by atoms with van der Waals surface area (Å²) in [5.41, 5.74) is 4.83. The second-order valence-electron chi connectivity index (χ2n) is 12.1. The highest BCUT2D eigenvalue weighted by Crippen LogP contribution is 2.40. The maximum Gasteiger partial charge on any atom is 0.309 e. The van der Waals surface area contributed by atoms with E-state index in [1.165, 1.54) is 5.56 Å². The lowest BCUT2D eigenvalue weighted by atomic mass is 9.85. The summed E-state index contributed by atoms with van der Waals surface area (Å²) in [6.07, 6.45) is 1.99. The minimum atomic E-state index is -1.48. The van der Waals surface area contributed by atoms with Crippen LogP contribution in [0.2, 0.25) is 5.02 Å². The summed E-state index contributed by atoms with van der Waals surface area (Å²) in [6, 6.07) is 16.5. The van der Waals surface area contributed by atoms with E-state index in [1.807, 2.05) is 32.2 Å². The third-order valence-corrected chi connectivity index (χ3v) is 9.88. The van der Waals surface area contributed by atoms with E-state index in [0.717, 1.165) is 67.0 Å². The molecule has 0 radical (unpaired) electrons. The lowest BCUT2D eigenvalue weighted by Crippen LogP contribution is -2.47. The molecule has 5 heterocycles. The first kappa shape index (κ1) is 28.2. The molecule has 4 aromatic rings. The molecule has 2 unspecified atom stereocenters. The molecular formula is C34H35ClN4O4. The van der Waals surface area contributed by atoms with Crippen LogP contribution in [0.3, 0.4) is 0 Å². The Morgan fingerprint density at radius 2 is 1.79 bits per heavy atom. The Morgan fingerprint density at radius 1 is 1.05 bits per heavy atom. The molecular weight excluding hydrogens is 564 g/mol. The molecule has 222 valence electrons. The van der Waals surface area contributed by atoms with Crippen LogP contribution in [0.25, 0.3) is 5.52 Å². The lowest BCUT2D eigenvalue weighted by Gasteiger charge is -2.37. The average Bonchev–Trinajstić information content (AvgIpc) is 3.31. The molecule has 0 saturated carbocycles. The second kappa shape index (κ2) is 10.9. The van der Waals surface area contributed by atoms with Crippen LogP contribution in [0.1, 0.15) is 59.1 Å². The minimum Gasteiger partial charge on any atom is -0.460 e. The van der Waals surface area contributed by atoms with Crippen LogP contribution < -0.4 is 10.9 Å². The number of carbonyl (C=O) groups excluding carboxylic acids is 1. The van der Waals surface area contributed by atoms with Crippen molar-refractivity contribution in [2.45, 2.75) is 51.4 Å². The quantitative estimate of drug-likeness (QED) is 0.346. The number of rotatable bonds is 5. The predicted octanol–water partition coefficient (Wildman–Crippen LogP) is 4.24. The molecule has 1 saturated heterocycles. The first-order chi connectivity index (χ1) is 20.7. The molecule has 3 aliphatic rings. The maximum absolute atomic E-state index is 13.9. The Hall–Kier alpha value is -3.56. The fourth-order valence-corrected chi connectivity index (χ4v) is 7.05.